The topological polar surface area (TPSA) is 46.6 Å². The third kappa shape index (κ3) is 3.13. The van der Waals surface area contributed by atoms with E-state index in [1.807, 2.05) is 0 Å². The maximum Gasteiger partial charge on any atom is 0.416 e. The third-order valence-corrected chi connectivity index (χ3v) is 4.10. The van der Waals surface area contributed by atoms with E-state index in [9.17, 15) is 27.2 Å². The smallest absolute Gasteiger partial charge is 0.416 e. The quantitative estimate of drug-likeness (QED) is 0.611. The fourth-order valence-corrected chi connectivity index (χ4v) is 2.68. The molecule has 0 saturated carbocycles. The lowest BCUT2D eigenvalue weighted by Crippen LogP contribution is -2.36. The molecule has 0 N–H and O–H groups in total. The first-order chi connectivity index (χ1) is 11.1. The SMILES string of the molecule is COC(=O)C1=C(C)N(C)C(=O)CC1c1ccc(C(F)(F)F)cc1F. The lowest BCUT2D eigenvalue weighted by molar-refractivity contribution is -0.139. The monoisotopic (exact) mass is 345 g/mol. The van der Waals surface area contributed by atoms with Crippen molar-refractivity contribution in [2.45, 2.75) is 25.4 Å². The fraction of sp³-hybridized carbons (Fsp3) is 0.375. The van der Waals surface area contributed by atoms with E-state index in [0.29, 0.717) is 6.07 Å². The Morgan fingerprint density at radius 2 is 1.96 bits per heavy atom. The number of rotatable bonds is 2. The maximum absolute atomic E-state index is 14.3. The van der Waals surface area contributed by atoms with E-state index in [2.05, 4.69) is 4.74 Å². The van der Waals surface area contributed by atoms with Gasteiger partial charge in [-0.3, -0.25) is 4.79 Å². The molecular formula is C16H15F4NO3. The zero-order chi connectivity index (χ0) is 18.2. The van der Waals surface area contributed by atoms with Crippen molar-refractivity contribution in [2.24, 2.45) is 0 Å². The van der Waals surface area contributed by atoms with Gasteiger partial charge >= 0.3 is 12.1 Å². The van der Waals surface area contributed by atoms with Gasteiger partial charge < -0.3 is 9.64 Å². The van der Waals surface area contributed by atoms with Gasteiger partial charge in [-0.05, 0) is 24.6 Å². The molecule has 0 aromatic heterocycles. The molecule has 1 aliphatic rings. The van der Waals surface area contributed by atoms with Crippen LogP contribution < -0.4 is 0 Å². The highest BCUT2D eigenvalue weighted by atomic mass is 19.4. The molecule has 0 bridgehead atoms. The Balaban J connectivity index is 2.57. The van der Waals surface area contributed by atoms with Crippen molar-refractivity contribution < 1.29 is 31.9 Å². The van der Waals surface area contributed by atoms with Crippen molar-refractivity contribution in [3.63, 3.8) is 0 Å². The van der Waals surface area contributed by atoms with Gasteiger partial charge in [0, 0.05) is 25.1 Å². The fourth-order valence-electron chi connectivity index (χ4n) is 2.68. The Labute approximate surface area is 135 Å². The molecule has 1 amide bonds. The minimum absolute atomic E-state index is 0.0539. The molecule has 1 atom stereocenters. The number of carbonyl (C=O) groups excluding carboxylic acids is 2. The summed E-state index contributed by atoms with van der Waals surface area (Å²) < 4.78 is 56.9. The zero-order valence-electron chi connectivity index (χ0n) is 13.2. The number of benzene rings is 1. The number of ether oxygens (including phenoxy) is 1. The molecule has 0 radical (unpaired) electrons. The largest absolute Gasteiger partial charge is 0.466 e. The summed E-state index contributed by atoms with van der Waals surface area (Å²) in [5.41, 5.74) is -0.951. The maximum atomic E-state index is 14.3. The average Bonchev–Trinajstić information content (AvgIpc) is 2.50. The number of methoxy groups -OCH3 is 1. The molecule has 1 aliphatic heterocycles. The van der Waals surface area contributed by atoms with Crippen LogP contribution in [0.3, 0.4) is 0 Å². The molecule has 8 heteroatoms. The van der Waals surface area contributed by atoms with Gasteiger partial charge in [0.15, 0.2) is 0 Å². The summed E-state index contributed by atoms with van der Waals surface area (Å²) in [4.78, 5) is 25.3. The number of hydrogen-bond donors (Lipinski definition) is 0. The van der Waals surface area contributed by atoms with Gasteiger partial charge in [-0.25, -0.2) is 9.18 Å². The second-order valence-corrected chi connectivity index (χ2v) is 5.43. The highest BCUT2D eigenvalue weighted by Gasteiger charge is 2.38. The summed E-state index contributed by atoms with van der Waals surface area (Å²) in [5, 5.41) is 0. The number of halogens is 4. The van der Waals surface area contributed by atoms with Gasteiger partial charge in [0.05, 0.1) is 18.2 Å². The average molecular weight is 345 g/mol. The summed E-state index contributed by atoms with van der Waals surface area (Å²) >= 11 is 0. The van der Waals surface area contributed by atoms with Crippen LogP contribution in [0.4, 0.5) is 17.6 Å². The van der Waals surface area contributed by atoms with Crippen molar-refractivity contribution in [1.29, 1.82) is 0 Å². The second kappa shape index (κ2) is 6.26. The molecule has 24 heavy (non-hydrogen) atoms. The van der Waals surface area contributed by atoms with Crippen LogP contribution in [0.25, 0.3) is 0 Å². The number of carbonyl (C=O) groups is 2. The Kier molecular flexibility index (Phi) is 4.68. The van der Waals surface area contributed by atoms with Crippen molar-refractivity contribution in [2.75, 3.05) is 14.2 Å². The van der Waals surface area contributed by atoms with Crippen molar-refractivity contribution in [1.82, 2.24) is 4.90 Å². The molecule has 130 valence electrons. The highest BCUT2D eigenvalue weighted by molar-refractivity contribution is 5.95. The molecule has 2 rings (SSSR count). The van der Waals surface area contributed by atoms with E-state index in [0.717, 1.165) is 19.2 Å². The van der Waals surface area contributed by atoms with Crippen LogP contribution in [0.15, 0.2) is 29.5 Å². The predicted molar refractivity (Wildman–Crippen MR) is 76.2 cm³/mol. The Morgan fingerprint density at radius 3 is 2.46 bits per heavy atom. The number of alkyl halides is 3. The van der Waals surface area contributed by atoms with E-state index >= 15 is 0 Å². The minimum Gasteiger partial charge on any atom is -0.466 e. The summed E-state index contributed by atoms with van der Waals surface area (Å²) in [6.07, 6.45) is -4.92. The van der Waals surface area contributed by atoms with Crippen LogP contribution in [0, 0.1) is 5.82 Å². The minimum atomic E-state index is -4.68. The molecule has 1 aromatic rings. The first-order valence-corrected chi connectivity index (χ1v) is 7.00. The lowest BCUT2D eigenvalue weighted by Gasteiger charge is -2.32. The zero-order valence-corrected chi connectivity index (χ0v) is 13.2. The van der Waals surface area contributed by atoms with Crippen molar-refractivity contribution in [3.05, 3.63) is 46.4 Å². The molecule has 1 heterocycles. The molecule has 0 spiro atoms. The van der Waals surface area contributed by atoms with E-state index in [1.165, 1.54) is 18.9 Å². The van der Waals surface area contributed by atoms with Crippen LogP contribution in [-0.4, -0.2) is 30.9 Å². The van der Waals surface area contributed by atoms with E-state index in [-0.39, 0.29) is 29.2 Å². The van der Waals surface area contributed by atoms with Crippen LogP contribution in [0.5, 0.6) is 0 Å². The van der Waals surface area contributed by atoms with Gasteiger partial charge in [0.2, 0.25) is 5.91 Å². The summed E-state index contributed by atoms with van der Waals surface area (Å²) in [6, 6.07) is 2.05. The van der Waals surface area contributed by atoms with E-state index < -0.39 is 29.4 Å². The number of amides is 1. The third-order valence-electron chi connectivity index (χ3n) is 4.10. The van der Waals surface area contributed by atoms with Crippen LogP contribution in [0.1, 0.15) is 30.4 Å². The van der Waals surface area contributed by atoms with E-state index in [1.54, 1.807) is 0 Å². The van der Waals surface area contributed by atoms with Crippen LogP contribution in [0.2, 0.25) is 0 Å². The van der Waals surface area contributed by atoms with Crippen molar-refractivity contribution in [3.8, 4) is 0 Å². The van der Waals surface area contributed by atoms with Crippen molar-refractivity contribution >= 4 is 11.9 Å². The molecular weight excluding hydrogens is 330 g/mol. The number of allylic oxidation sites excluding steroid dienone is 1. The Hall–Kier alpha value is -2.38. The standard InChI is InChI=1S/C16H15F4NO3/c1-8-14(15(23)24-3)11(7-13(22)21(8)2)10-5-4-9(6-12(10)17)16(18,19)20/h4-6,11H,7H2,1-3H3. The molecule has 0 fully saturated rings. The normalized spacial score (nSPS) is 18.9. The Bertz CT molecular complexity index is 725. The molecule has 4 nitrogen and oxygen atoms in total. The number of hydrogen-bond acceptors (Lipinski definition) is 3. The first-order valence-electron chi connectivity index (χ1n) is 7.00. The lowest BCUT2D eigenvalue weighted by atomic mass is 9.83. The predicted octanol–water partition coefficient (Wildman–Crippen LogP) is 3.24. The van der Waals surface area contributed by atoms with Crippen LogP contribution in [-0.2, 0) is 20.5 Å². The molecule has 0 aliphatic carbocycles. The van der Waals surface area contributed by atoms with E-state index in [4.69, 9.17) is 0 Å². The number of esters is 1. The molecule has 0 saturated heterocycles. The highest BCUT2D eigenvalue weighted by Crippen LogP contribution is 2.39. The first kappa shape index (κ1) is 18.0. The second-order valence-electron chi connectivity index (χ2n) is 5.43. The van der Waals surface area contributed by atoms with Gasteiger partial charge in [-0.1, -0.05) is 6.07 Å². The summed E-state index contributed by atoms with van der Waals surface area (Å²) in [5.74, 6) is -3.24. The van der Waals surface area contributed by atoms with Gasteiger partial charge in [0.1, 0.15) is 5.82 Å². The molecule has 1 unspecified atom stereocenters. The van der Waals surface area contributed by atoms with Gasteiger partial charge in [-0.2, -0.15) is 13.2 Å². The summed E-state index contributed by atoms with van der Waals surface area (Å²) in [6.45, 7) is 1.50. The summed E-state index contributed by atoms with van der Waals surface area (Å²) in [7, 11) is 2.60. The van der Waals surface area contributed by atoms with Gasteiger partial charge in [-0.15, -0.1) is 0 Å². The number of nitrogens with zero attached hydrogens (tertiary/aromatic N) is 1. The Morgan fingerprint density at radius 1 is 1.33 bits per heavy atom. The van der Waals surface area contributed by atoms with Gasteiger partial charge in [0.25, 0.3) is 0 Å². The van der Waals surface area contributed by atoms with Crippen LogP contribution >= 0.6 is 0 Å². The molecule has 1 aromatic carbocycles.